The number of nitrogens with zero attached hydrogens (tertiary/aromatic N) is 1. The van der Waals surface area contributed by atoms with Gasteiger partial charge in [0.05, 0.1) is 0 Å². The van der Waals surface area contributed by atoms with Crippen LogP contribution in [0, 0.1) is 0 Å². The van der Waals surface area contributed by atoms with Crippen LogP contribution in [0.2, 0.25) is 0 Å². The summed E-state index contributed by atoms with van der Waals surface area (Å²) < 4.78 is 5.35. The van der Waals surface area contributed by atoms with Crippen LogP contribution in [-0.4, -0.2) is 41.8 Å². The van der Waals surface area contributed by atoms with Crippen molar-refractivity contribution in [3.05, 3.63) is 35.4 Å². The first-order chi connectivity index (χ1) is 10.2. The second-order valence-electron chi connectivity index (χ2n) is 5.49. The summed E-state index contributed by atoms with van der Waals surface area (Å²) in [7, 11) is 0. The molecule has 116 valence electrons. The highest BCUT2D eigenvalue weighted by atomic mass is 16.5. The van der Waals surface area contributed by atoms with Gasteiger partial charge in [-0.25, -0.2) is 5.48 Å². The molecule has 0 radical (unpaired) electrons. The molecule has 0 saturated carbocycles. The second kappa shape index (κ2) is 8.12. The van der Waals surface area contributed by atoms with Crippen molar-refractivity contribution >= 4 is 5.91 Å². The zero-order chi connectivity index (χ0) is 15.1. The van der Waals surface area contributed by atoms with Crippen LogP contribution in [0.15, 0.2) is 24.3 Å². The highest BCUT2D eigenvalue weighted by Gasteiger charge is 2.15. The van der Waals surface area contributed by atoms with Gasteiger partial charge in [0.1, 0.15) is 6.10 Å². The van der Waals surface area contributed by atoms with Crippen LogP contribution in [0.3, 0.4) is 0 Å². The molecule has 0 aliphatic carbocycles. The number of rotatable bonds is 7. The van der Waals surface area contributed by atoms with Gasteiger partial charge in [-0.3, -0.25) is 14.9 Å². The summed E-state index contributed by atoms with van der Waals surface area (Å²) in [5, 5.41) is 8.47. The van der Waals surface area contributed by atoms with Crippen molar-refractivity contribution in [2.45, 2.75) is 38.8 Å². The molecule has 1 unspecified atom stereocenters. The van der Waals surface area contributed by atoms with E-state index in [0.717, 1.165) is 38.9 Å². The minimum atomic E-state index is -0.600. The highest BCUT2D eigenvalue weighted by molar-refractivity contribution is 5.79. The first kappa shape index (κ1) is 15.9. The Morgan fingerprint density at radius 1 is 1.38 bits per heavy atom. The van der Waals surface area contributed by atoms with E-state index < -0.39 is 12.0 Å². The Balaban J connectivity index is 1.61. The highest BCUT2D eigenvalue weighted by Crippen LogP contribution is 2.18. The molecule has 21 heavy (non-hydrogen) atoms. The van der Waals surface area contributed by atoms with Gasteiger partial charge in [0, 0.05) is 19.7 Å². The Morgan fingerprint density at radius 3 is 2.90 bits per heavy atom. The van der Waals surface area contributed by atoms with Gasteiger partial charge in [-0.15, -0.1) is 0 Å². The van der Waals surface area contributed by atoms with E-state index in [2.05, 4.69) is 29.2 Å². The summed E-state index contributed by atoms with van der Waals surface area (Å²) in [6.07, 6.45) is 2.49. The number of carbonyl (C=O) groups is 1. The molecule has 1 aromatic rings. The van der Waals surface area contributed by atoms with Gasteiger partial charge in [-0.2, -0.15) is 0 Å². The van der Waals surface area contributed by atoms with E-state index in [0.29, 0.717) is 6.61 Å². The molecule has 1 atom stereocenters. The minimum Gasteiger partial charge on any atom is -0.369 e. The number of fused-ring (bicyclic) bond motifs is 1. The van der Waals surface area contributed by atoms with Crippen LogP contribution in [0.4, 0.5) is 0 Å². The maximum Gasteiger partial charge on any atom is 0.272 e. The van der Waals surface area contributed by atoms with E-state index in [1.165, 1.54) is 11.1 Å². The quantitative estimate of drug-likeness (QED) is 0.456. The van der Waals surface area contributed by atoms with Gasteiger partial charge in [0.2, 0.25) is 0 Å². The van der Waals surface area contributed by atoms with E-state index in [1.807, 2.05) is 0 Å². The van der Waals surface area contributed by atoms with E-state index in [1.54, 1.807) is 12.4 Å². The minimum absolute atomic E-state index is 0.498. The summed E-state index contributed by atoms with van der Waals surface area (Å²) in [6, 6.07) is 8.63. The van der Waals surface area contributed by atoms with Gasteiger partial charge in [-0.05, 0) is 43.9 Å². The van der Waals surface area contributed by atoms with Gasteiger partial charge >= 0.3 is 0 Å². The monoisotopic (exact) mass is 292 g/mol. The number of hydrogen-bond donors (Lipinski definition) is 2. The van der Waals surface area contributed by atoms with Crippen molar-refractivity contribution in [3.8, 4) is 0 Å². The molecular weight excluding hydrogens is 268 g/mol. The third-order valence-corrected chi connectivity index (χ3v) is 3.93. The zero-order valence-electron chi connectivity index (χ0n) is 12.5. The van der Waals surface area contributed by atoms with Crippen molar-refractivity contribution in [1.29, 1.82) is 0 Å². The Morgan fingerprint density at radius 2 is 2.14 bits per heavy atom. The molecule has 1 aliphatic heterocycles. The van der Waals surface area contributed by atoms with Crippen molar-refractivity contribution in [1.82, 2.24) is 10.4 Å². The topological polar surface area (TPSA) is 61.8 Å². The van der Waals surface area contributed by atoms with Crippen molar-refractivity contribution < 1.29 is 14.7 Å². The van der Waals surface area contributed by atoms with Crippen LogP contribution < -0.4 is 5.48 Å². The number of hydrogen-bond acceptors (Lipinski definition) is 4. The van der Waals surface area contributed by atoms with Crippen LogP contribution in [0.25, 0.3) is 0 Å². The van der Waals surface area contributed by atoms with Gasteiger partial charge < -0.3 is 4.74 Å². The molecule has 2 N–H and O–H groups in total. The number of nitrogens with one attached hydrogen (secondary N) is 1. The summed E-state index contributed by atoms with van der Waals surface area (Å²) in [6.45, 7) is 5.37. The molecule has 0 fully saturated rings. The predicted molar refractivity (Wildman–Crippen MR) is 80.0 cm³/mol. The summed E-state index contributed by atoms with van der Waals surface area (Å²) in [5.74, 6) is -0.498. The molecule has 1 amide bonds. The summed E-state index contributed by atoms with van der Waals surface area (Å²) in [5.41, 5.74) is 4.51. The van der Waals surface area contributed by atoms with E-state index in [9.17, 15) is 4.79 Å². The molecular formula is C16H24N2O3. The molecule has 2 rings (SSSR count). The average molecular weight is 292 g/mol. The number of ether oxygens (including phenoxy) is 1. The maximum atomic E-state index is 11.0. The van der Waals surface area contributed by atoms with Crippen molar-refractivity contribution in [2.24, 2.45) is 0 Å². The average Bonchev–Trinajstić information content (AvgIpc) is 2.53. The smallest absolute Gasteiger partial charge is 0.272 e. The largest absolute Gasteiger partial charge is 0.369 e. The van der Waals surface area contributed by atoms with Gasteiger partial charge in [0.25, 0.3) is 5.91 Å². The van der Waals surface area contributed by atoms with Crippen LogP contribution >= 0.6 is 0 Å². The Kier molecular flexibility index (Phi) is 6.17. The van der Waals surface area contributed by atoms with E-state index in [-0.39, 0.29) is 0 Å². The Bertz CT molecular complexity index is 465. The first-order valence-electron chi connectivity index (χ1n) is 7.55. The number of hydroxylamine groups is 1. The van der Waals surface area contributed by atoms with Crippen LogP contribution in [-0.2, 0) is 22.5 Å². The molecule has 0 saturated heterocycles. The third kappa shape index (κ3) is 4.81. The number of unbranched alkanes of at least 4 members (excludes halogenated alkanes) is 1. The van der Waals surface area contributed by atoms with E-state index in [4.69, 9.17) is 9.94 Å². The Hall–Kier alpha value is -1.43. The molecule has 1 aliphatic rings. The SMILES string of the molecule is CC(OCCCCN1CCc2ccccc2C1)C(=O)NO. The molecule has 0 spiro atoms. The second-order valence-corrected chi connectivity index (χ2v) is 5.49. The van der Waals surface area contributed by atoms with Gasteiger partial charge in [0.15, 0.2) is 0 Å². The number of carbonyl (C=O) groups excluding carboxylic acids is 1. The lowest BCUT2D eigenvalue weighted by Crippen LogP contribution is -2.33. The van der Waals surface area contributed by atoms with Gasteiger partial charge in [-0.1, -0.05) is 24.3 Å². The fourth-order valence-electron chi connectivity index (χ4n) is 2.61. The summed E-state index contributed by atoms with van der Waals surface area (Å²) >= 11 is 0. The molecule has 0 bridgehead atoms. The normalized spacial score (nSPS) is 16.3. The predicted octanol–water partition coefficient (Wildman–Crippen LogP) is 1.74. The summed E-state index contributed by atoms with van der Waals surface area (Å²) in [4.78, 5) is 13.5. The molecule has 0 aromatic heterocycles. The number of amides is 1. The molecule has 1 heterocycles. The van der Waals surface area contributed by atoms with Crippen molar-refractivity contribution in [3.63, 3.8) is 0 Å². The molecule has 5 nitrogen and oxygen atoms in total. The fourth-order valence-corrected chi connectivity index (χ4v) is 2.61. The number of benzene rings is 1. The lowest BCUT2D eigenvalue weighted by molar-refractivity contribution is -0.140. The van der Waals surface area contributed by atoms with Crippen LogP contribution in [0.1, 0.15) is 30.9 Å². The van der Waals surface area contributed by atoms with E-state index >= 15 is 0 Å². The lowest BCUT2D eigenvalue weighted by atomic mass is 10.00. The maximum absolute atomic E-state index is 11.0. The zero-order valence-corrected chi connectivity index (χ0v) is 12.5. The standard InChI is InChI=1S/C16H24N2O3/c1-13(16(19)17-20)21-11-5-4-9-18-10-8-14-6-2-3-7-15(14)12-18/h2-3,6-7,13,20H,4-5,8-12H2,1H3,(H,17,19). The Labute approximate surface area is 125 Å². The lowest BCUT2D eigenvalue weighted by Gasteiger charge is -2.28. The first-order valence-corrected chi connectivity index (χ1v) is 7.55. The fraction of sp³-hybridized carbons (Fsp3) is 0.562. The van der Waals surface area contributed by atoms with Crippen LogP contribution in [0.5, 0.6) is 0 Å². The van der Waals surface area contributed by atoms with Crippen molar-refractivity contribution in [2.75, 3.05) is 19.7 Å². The molecule has 1 aromatic carbocycles. The third-order valence-electron chi connectivity index (χ3n) is 3.93. The molecule has 5 heteroatoms.